The molecular formula is C28H27F3N4OS. The lowest BCUT2D eigenvalue weighted by Gasteiger charge is -2.19. The Morgan fingerprint density at radius 2 is 1.59 bits per heavy atom. The summed E-state index contributed by atoms with van der Waals surface area (Å²) >= 11 is 1.49. The Bertz CT molecular complexity index is 1330. The maximum atomic E-state index is 11.8. The predicted molar refractivity (Wildman–Crippen MR) is 143 cm³/mol. The summed E-state index contributed by atoms with van der Waals surface area (Å²) in [4.78, 5) is 10.4. The van der Waals surface area contributed by atoms with Gasteiger partial charge in [-0.2, -0.15) is 18.2 Å². The van der Waals surface area contributed by atoms with E-state index in [4.69, 9.17) is 9.72 Å². The number of benzene rings is 3. The van der Waals surface area contributed by atoms with E-state index in [1.807, 2.05) is 12.1 Å². The molecule has 0 saturated carbocycles. The van der Waals surface area contributed by atoms with Crippen molar-refractivity contribution in [1.82, 2.24) is 9.97 Å². The highest BCUT2D eigenvalue weighted by atomic mass is 32.2. The van der Waals surface area contributed by atoms with Crippen LogP contribution in [0.1, 0.15) is 23.6 Å². The number of aromatic nitrogens is 2. The third-order valence-electron chi connectivity index (χ3n) is 5.53. The molecule has 9 heteroatoms. The Kier molecular flexibility index (Phi) is 8.23. The van der Waals surface area contributed by atoms with E-state index in [-0.39, 0.29) is 6.04 Å². The van der Waals surface area contributed by atoms with Gasteiger partial charge in [0.15, 0.2) is 0 Å². The molecule has 0 unspecified atom stereocenters. The van der Waals surface area contributed by atoms with E-state index in [0.29, 0.717) is 18.4 Å². The van der Waals surface area contributed by atoms with Crippen LogP contribution in [-0.4, -0.2) is 22.6 Å². The Morgan fingerprint density at radius 1 is 0.892 bits per heavy atom. The van der Waals surface area contributed by atoms with Crippen molar-refractivity contribution < 1.29 is 17.9 Å². The summed E-state index contributed by atoms with van der Waals surface area (Å²) in [6.07, 6.45) is -4.21. The Labute approximate surface area is 218 Å². The molecule has 2 heterocycles. The molecule has 0 saturated heterocycles. The number of alkyl halides is 3. The highest BCUT2D eigenvalue weighted by Gasteiger charge is 2.29. The molecule has 0 spiro atoms. The van der Waals surface area contributed by atoms with E-state index in [1.165, 1.54) is 35.2 Å². The first-order valence-corrected chi connectivity index (χ1v) is 12.5. The lowest BCUT2D eigenvalue weighted by atomic mass is 10.00. The zero-order valence-electron chi connectivity index (χ0n) is 20.6. The van der Waals surface area contributed by atoms with Gasteiger partial charge >= 0.3 is 6.18 Å². The minimum Gasteiger partial charge on any atom is -0.475 e. The van der Waals surface area contributed by atoms with E-state index < -0.39 is 11.7 Å². The summed E-state index contributed by atoms with van der Waals surface area (Å²) in [5.41, 5.74) is 4.82. The van der Waals surface area contributed by atoms with Gasteiger partial charge in [-0.15, -0.1) is 0 Å². The van der Waals surface area contributed by atoms with Gasteiger partial charge in [0.25, 0.3) is 0 Å². The fourth-order valence-corrected chi connectivity index (χ4v) is 4.44. The number of fused-ring (bicyclic) bond motifs is 4. The Hall–Kier alpha value is -3.72. The first kappa shape index (κ1) is 26.3. The molecule has 4 aromatic rings. The van der Waals surface area contributed by atoms with Crippen LogP contribution in [0, 0.1) is 13.8 Å². The van der Waals surface area contributed by atoms with E-state index >= 15 is 0 Å². The van der Waals surface area contributed by atoms with Crippen LogP contribution in [0.25, 0.3) is 11.3 Å². The van der Waals surface area contributed by atoms with Crippen LogP contribution >= 0.6 is 11.9 Å². The van der Waals surface area contributed by atoms with Gasteiger partial charge < -0.3 is 10.1 Å². The van der Waals surface area contributed by atoms with E-state index in [2.05, 4.69) is 72.2 Å². The molecule has 3 aromatic carbocycles. The molecule has 192 valence electrons. The van der Waals surface area contributed by atoms with E-state index in [9.17, 15) is 13.2 Å². The lowest BCUT2D eigenvalue weighted by Crippen LogP contribution is -2.24. The number of halogens is 3. The average molecular weight is 525 g/mol. The van der Waals surface area contributed by atoms with Crippen LogP contribution < -0.4 is 14.8 Å². The summed E-state index contributed by atoms with van der Waals surface area (Å²) in [5.74, 6) is 1.12. The third kappa shape index (κ3) is 7.16. The molecule has 1 atom stereocenters. The van der Waals surface area contributed by atoms with Crippen molar-refractivity contribution in [3.8, 4) is 17.1 Å². The van der Waals surface area contributed by atoms with E-state index in [0.717, 1.165) is 34.0 Å². The van der Waals surface area contributed by atoms with Crippen molar-refractivity contribution in [2.24, 2.45) is 0 Å². The van der Waals surface area contributed by atoms with Crippen molar-refractivity contribution in [1.29, 1.82) is 0 Å². The number of hydrogen-bond acceptors (Lipinski definition) is 6. The average Bonchev–Trinajstić information content (AvgIpc) is 2.86. The quantitative estimate of drug-likeness (QED) is 0.248. The van der Waals surface area contributed by atoms with Crippen molar-refractivity contribution in [2.45, 2.75) is 37.9 Å². The van der Waals surface area contributed by atoms with Gasteiger partial charge in [0.1, 0.15) is 6.61 Å². The zero-order valence-corrected chi connectivity index (χ0v) is 21.5. The summed E-state index contributed by atoms with van der Waals surface area (Å²) in [5, 5.41) is 3.46. The third-order valence-corrected chi connectivity index (χ3v) is 6.30. The normalized spacial score (nSPS) is 14.9. The second kappa shape index (κ2) is 11.6. The number of rotatable bonds is 1. The van der Waals surface area contributed by atoms with Crippen LogP contribution in [0.4, 0.5) is 24.8 Å². The van der Waals surface area contributed by atoms with Crippen LogP contribution in [0.15, 0.2) is 83.8 Å². The number of anilines is 2. The van der Waals surface area contributed by atoms with Crippen LogP contribution in [-0.2, 0) is 6.18 Å². The molecular weight excluding hydrogens is 497 g/mol. The molecule has 2 N–H and O–H groups in total. The molecule has 1 aromatic heterocycles. The minimum atomic E-state index is -4.21. The summed E-state index contributed by atoms with van der Waals surface area (Å²) in [7, 11) is 0. The Morgan fingerprint density at radius 3 is 2.27 bits per heavy atom. The molecule has 4 bridgehead atoms. The predicted octanol–water partition coefficient (Wildman–Crippen LogP) is 7.78. The molecule has 1 aliphatic heterocycles. The maximum Gasteiger partial charge on any atom is 0.416 e. The number of aryl methyl sites for hydroxylation is 2. The van der Waals surface area contributed by atoms with Gasteiger partial charge in [-0.3, -0.25) is 4.72 Å². The molecule has 0 radical (unpaired) electrons. The van der Waals surface area contributed by atoms with Crippen LogP contribution in [0.2, 0.25) is 0 Å². The van der Waals surface area contributed by atoms with Gasteiger partial charge in [-0.1, -0.05) is 54.6 Å². The van der Waals surface area contributed by atoms with E-state index in [1.54, 1.807) is 6.07 Å². The fraction of sp³-hybridized carbons (Fsp3) is 0.214. The smallest absolute Gasteiger partial charge is 0.416 e. The summed E-state index contributed by atoms with van der Waals surface area (Å²) in [6, 6.07) is 23.0. The minimum absolute atomic E-state index is 0.152. The highest BCUT2D eigenvalue weighted by molar-refractivity contribution is 8.00. The molecule has 37 heavy (non-hydrogen) atoms. The molecule has 0 aliphatic carbocycles. The molecule has 0 amide bonds. The first-order valence-electron chi connectivity index (χ1n) is 11.7. The van der Waals surface area contributed by atoms with Gasteiger partial charge in [0, 0.05) is 22.2 Å². The molecule has 5 nitrogen and oxygen atoms in total. The molecule has 0 fully saturated rings. The van der Waals surface area contributed by atoms with Crippen molar-refractivity contribution in [2.75, 3.05) is 16.6 Å². The maximum absolute atomic E-state index is 11.8. The molecule has 5 rings (SSSR count). The van der Waals surface area contributed by atoms with Crippen molar-refractivity contribution >= 4 is 23.6 Å². The van der Waals surface area contributed by atoms with Gasteiger partial charge in [0.2, 0.25) is 11.8 Å². The SMILES string of the molecule is Cc1cccc(C)c1-c1cc2nc(n1)NSc1cccc(c1)N[C@H](C)CO2.FC(F)(F)c1ccccc1. The second-order valence-corrected chi connectivity index (χ2v) is 9.51. The monoisotopic (exact) mass is 524 g/mol. The van der Waals surface area contributed by atoms with Gasteiger partial charge in [0.05, 0.1) is 17.3 Å². The van der Waals surface area contributed by atoms with Crippen molar-refractivity contribution in [3.05, 3.63) is 95.6 Å². The van der Waals surface area contributed by atoms with Crippen LogP contribution in [0.3, 0.4) is 0 Å². The first-order chi connectivity index (χ1) is 17.7. The number of hydrogen-bond donors (Lipinski definition) is 2. The second-order valence-electron chi connectivity index (χ2n) is 8.63. The number of ether oxygens (including phenoxy) is 1. The number of nitrogens with zero attached hydrogens (tertiary/aromatic N) is 2. The highest BCUT2D eigenvalue weighted by Crippen LogP contribution is 2.31. The lowest BCUT2D eigenvalue weighted by molar-refractivity contribution is -0.137. The van der Waals surface area contributed by atoms with Crippen molar-refractivity contribution in [3.63, 3.8) is 0 Å². The fourth-order valence-electron chi connectivity index (χ4n) is 3.81. The number of nitrogens with one attached hydrogen (secondary N) is 2. The van der Waals surface area contributed by atoms with Crippen LogP contribution in [0.5, 0.6) is 5.88 Å². The Balaban J connectivity index is 0.000000270. The summed E-state index contributed by atoms with van der Waals surface area (Å²) in [6.45, 7) is 6.81. The molecule has 1 aliphatic rings. The van der Waals surface area contributed by atoms with Gasteiger partial charge in [-0.25, -0.2) is 4.98 Å². The largest absolute Gasteiger partial charge is 0.475 e. The summed E-state index contributed by atoms with van der Waals surface area (Å²) < 4.78 is 44.6. The zero-order chi connectivity index (χ0) is 26.4. The topological polar surface area (TPSA) is 59.1 Å². The standard InChI is InChI=1S/C21H22N4OS.C7H5F3/c1-13-6-4-7-14(2)20(13)18-11-19-24-21(23-18)25-27-17-9-5-8-16(10-17)22-15(3)12-26-19;8-7(9,10)6-4-2-1-3-5-6/h4-11,15,22H,12H2,1-3H3,(H,23,24,25);1-5H/t15-;/m1./s1. The van der Waals surface area contributed by atoms with Gasteiger partial charge in [-0.05, 0) is 62.0 Å².